The van der Waals surface area contributed by atoms with E-state index in [1.165, 1.54) is 6.42 Å². The number of hydrogen-bond donors (Lipinski definition) is 0. The van der Waals surface area contributed by atoms with Gasteiger partial charge in [0.2, 0.25) is 0 Å². The Kier molecular flexibility index (Phi) is 2.33. The molecule has 2 fully saturated rings. The summed E-state index contributed by atoms with van der Waals surface area (Å²) in [6.45, 7) is 0. The van der Waals surface area contributed by atoms with Gasteiger partial charge in [0.1, 0.15) is 0 Å². The molecular formula is C14H15NO2S. The average molecular weight is 261 g/mol. The number of benzene rings is 1. The van der Waals surface area contributed by atoms with E-state index < -0.39 is 14.6 Å². The Morgan fingerprint density at radius 3 is 2.17 bits per heavy atom. The molecule has 0 radical (unpaired) electrons. The maximum atomic E-state index is 12.6. The lowest BCUT2D eigenvalue weighted by atomic mass is 9.52. The van der Waals surface area contributed by atoms with Crippen molar-refractivity contribution in [2.24, 2.45) is 5.41 Å². The molecule has 3 rings (SSSR count). The first-order chi connectivity index (χ1) is 8.54. The third-order valence-corrected chi connectivity index (χ3v) is 6.81. The minimum atomic E-state index is -3.52. The summed E-state index contributed by atoms with van der Waals surface area (Å²) in [6, 6.07) is 10.4. The molecule has 94 valence electrons. The lowest BCUT2D eigenvalue weighted by Gasteiger charge is -2.57. The molecular weight excluding hydrogens is 246 g/mol. The highest BCUT2D eigenvalue weighted by molar-refractivity contribution is 7.93. The van der Waals surface area contributed by atoms with E-state index >= 15 is 0 Å². The molecule has 2 saturated carbocycles. The number of nitriles is 1. The first-order valence-corrected chi connectivity index (χ1v) is 7.73. The van der Waals surface area contributed by atoms with Crippen LogP contribution in [-0.2, 0) is 9.84 Å². The van der Waals surface area contributed by atoms with E-state index in [1.807, 2.05) is 0 Å². The summed E-state index contributed by atoms with van der Waals surface area (Å²) in [4.78, 5) is 0.278. The lowest BCUT2D eigenvalue weighted by molar-refractivity contribution is 0.0115. The topological polar surface area (TPSA) is 57.9 Å². The number of nitrogens with zero attached hydrogens (tertiary/aromatic N) is 1. The van der Waals surface area contributed by atoms with Crippen LogP contribution in [0.15, 0.2) is 35.2 Å². The van der Waals surface area contributed by atoms with E-state index in [0.717, 1.165) is 12.8 Å². The fourth-order valence-corrected chi connectivity index (χ4v) is 5.42. The molecule has 0 N–H and O–H groups in total. The summed E-state index contributed by atoms with van der Waals surface area (Å²) in [5, 5.41) is 9.36. The third kappa shape index (κ3) is 1.37. The third-order valence-electron chi connectivity index (χ3n) is 4.51. The molecule has 0 bridgehead atoms. The van der Waals surface area contributed by atoms with Crippen LogP contribution in [0.25, 0.3) is 0 Å². The van der Waals surface area contributed by atoms with Crippen molar-refractivity contribution < 1.29 is 8.42 Å². The van der Waals surface area contributed by atoms with Crippen molar-refractivity contribution in [3.05, 3.63) is 30.3 Å². The molecule has 2 aliphatic carbocycles. The Hall–Kier alpha value is -1.34. The molecule has 2 aliphatic rings. The fourth-order valence-electron chi connectivity index (χ4n) is 3.34. The molecule has 0 aliphatic heterocycles. The normalized spacial score (nSPS) is 23.7. The molecule has 0 atom stereocenters. The van der Waals surface area contributed by atoms with Gasteiger partial charge >= 0.3 is 0 Å². The van der Waals surface area contributed by atoms with Gasteiger partial charge < -0.3 is 0 Å². The first-order valence-electron chi connectivity index (χ1n) is 6.25. The molecule has 1 spiro atoms. The predicted octanol–water partition coefficient (Wildman–Crippen LogP) is 2.69. The molecule has 0 saturated heterocycles. The second kappa shape index (κ2) is 3.58. The SMILES string of the molecule is N#CC1(S(=O)(=O)c2ccccc2)CC2(CCC2)C1. The molecule has 0 heterocycles. The van der Waals surface area contributed by atoms with Gasteiger partial charge in [0.05, 0.1) is 11.0 Å². The van der Waals surface area contributed by atoms with E-state index in [9.17, 15) is 13.7 Å². The van der Waals surface area contributed by atoms with Crippen molar-refractivity contribution >= 4 is 9.84 Å². The zero-order chi connectivity index (χ0) is 12.9. The monoisotopic (exact) mass is 261 g/mol. The van der Waals surface area contributed by atoms with Crippen molar-refractivity contribution in [3.8, 4) is 6.07 Å². The van der Waals surface area contributed by atoms with Crippen LogP contribution in [0.4, 0.5) is 0 Å². The zero-order valence-corrected chi connectivity index (χ0v) is 10.9. The van der Waals surface area contributed by atoms with Crippen LogP contribution in [0, 0.1) is 16.7 Å². The molecule has 18 heavy (non-hydrogen) atoms. The van der Waals surface area contributed by atoms with Crippen LogP contribution in [0.5, 0.6) is 0 Å². The van der Waals surface area contributed by atoms with Crippen LogP contribution in [-0.4, -0.2) is 13.2 Å². The Balaban J connectivity index is 1.97. The van der Waals surface area contributed by atoms with Gasteiger partial charge in [-0.2, -0.15) is 5.26 Å². The van der Waals surface area contributed by atoms with Crippen molar-refractivity contribution in [2.75, 3.05) is 0 Å². The van der Waals surface area contributed by atoms with Crippen molar-refractivity contribution in [2.45, 2.75) is 41.7 Å². The zero-order valence-electron chi connectivity index (χ0n) is 10.1. The molecule has 4 heteroatoms. The highest BCUT2D eigenvalue weighted by Crippen LogP contribution is 2.63. The van der Waals surface area contributed by atoms with Gasteiger partial charge in [0.15, 0.2) is 14.6 Å². The summed E-state index contributed by atoms with van der Waals surface area (Å²) >= 11 is 0. The summed E-state index contributed by atoms with van der Waals surface area (Å²) in [6.07, 6.45) is 4.38. The van der Waals surface area contributed by atoms with Crippen LogP contribution in [0.3, 0.4) is 0 Å². The van der Waals surface area contributed by atoms with Gasteiger partial charge in [-0.25, -0.2) is 8.42 Å². The fraction of sp³-hybridized carbons (Fsp3) is 0.500. The standard InChI is InChI=1S/C14H15NO2S/c15-11-14(9-13(10-14)7-4-8-13)18(16,17)12-5-2-1-3-6-12/h1-3,5-6H,4,7-10H2. The number of rotatable bonds is 2. The Morgan fingerprint density at radius 1 is 1.11 bits per heavy atom. The van der Waals surface area contributed by atoms with E-state index in [0.29, 0.717) is 12.8 Å². The predicted molar refractivity (Wildman–Crippen MR) is 67.5 cm³/mol. The van der Waals surface area contributed by atoms with Gasteiger partial charge in [-0.3, -0.25) is 0 Å². The Morgan fingerprint density at radius 2 is 1.72 bits per heavy atom. The summed E-state index contributed by atoms with van der Waals surface area (Å²) in [5.41, 5.74) is 0.164. The largest absolute Gasteiger partial charge is 0.222 e. The molecule has 0 amide bonds. The maximum Gasteiger partial charge on any atom is 0.197 e. The van der Waals surface area contributed by atoms with Gasteiger partial charge in [0, 0.05) is 0 Å². The highest BCUT2D eigenvalue weighted by atomic mass is 32.2. The van der Waals surface area contributed by atoms with Crippen molar-refractivity contribution in [1.29, 1.82) is 5.26 Å². The molecule has 3 nitrogen and oxygen atoms in total. The summed E-state index contributed by atoms with van der Waals surface area (Å²) < 4.78 is 24.0. The summed E-state index contributed by atoms with van der Waals surface area (Å²) in [5.74, 6) is 0. The van der Waals surface area contributed by atoms with Gasteiger partial charge in [-0.05, 0) is 43.2 Å². The molecule has 1 aromatic carbocycles. The second-order valence-corrected chi connectivity index (χ2v) is 7.89. The van der Waals surface area contributed by atoms with Crippen molar-refractivity contribution in [1.82, 2.24) is 0 Å². The minimum absolute atomic E-state index is 0.164. The van der Waals surface area contributed by atoms with Crippen LogP contribution in [0.2, 0.25) is 0 Å². The number of hydrogen-bond acceptors (Lipinski definition) is 3. The number of sulfone groups is 1. The van der Waals surface area contributed by atoms with Crippen LogP contribution in [0.1, 0.15) is 32.1 Å². The van der Waals surface area contributed by atoms with E-state index in [-0.39, 0.29) is 10.3 Å². The Labute approximate surface area is 107 Å². The average Bonchev–Trinajstić information content (AvgIpc) is 2.27. The lowest BCUT2D eigenvalue weighted by Crippen LogP contribution is -2.58. The molecule has 0 unspecified atom stereocenters. The quantitative estimate of drug-likeness (QED) is 0.822. The van der Waals surface area contributed by atoms with Gasteiger partial charge in [0.25, 0.3) is 0 Å². The van der Waals surface area contributed by atoms with Gasteiger partial charge in [-0.1, -0.05) is 24.6 Å². The van der Waals surface area contributed by atoms with Crippen LogP contribution < -0.4 is 0 Å². The van der Waals surface area contributed by atoms with E-state index in [1.54, 1.807) is 30.3 Å². The highest BCUT2D eigenvalue weighted by Gasteiger charge is 2.64. The van der Waals surface area contributed by atoms with E-state index in [2.05, 4.69) is 6.07 Å². The first kappa shape index (κ1) is 11.7. The van der Waals surface area contributed by atoms with Gasteiger partial charge in [-0.15, -0.1) is 0 Å². The molecule has 0 aromatic heterocycles. The second-order valence-electron chi connectivity index (χ2n) is 5.63. The van der Waals surface area contributed by atoms with Crippen LogP contribution >= 0.6 is 0 Å². The van der Waals surface area contributed by atoms with Crippen molar-refractivity contribution in [3.63, 3.8) is 0 Å². The minimum Gasteiger partial charge on any atom is -0.222 e. The Bertz CT molecular complexity index is 601. The smallest absolute Gasteiger partial charge is 0.197 e. The maximum absolute atomic E-state index is 12.6. The summed E-state index contributed by atoms with van der Waals surface area (Å²) in [7, 11) is -3.52. The molecule has 1 aromatic rings. The van der Waals surface area contributed by atoms with E-state index in [4.69, 9.17) is 0 Å².